The van der Waals surface area contributed by atoms with Gasteiger partial charge in [0.1, 0.15) is 19.8 Å². The number of hydrogen-bond acceptors (Lipinski definition) is 12. The molecular formula is C46H82NO12P. The van der Waals surface area contributed by atoms with Crippen molar-refractivity contribution in [3.05, 3.63) is 48.6 Å². The Morgan fingerprint density at radius 2 is 1.42 bits per heavy atom. The number of aliphatic hydroxyl groups excluding tert-OH is 3. The van der Waals surface area contributed by atoms with Crippen LogP contribution in [-0.4, -0.2) is 110 Å². The lowest BCUT2D eigenvalue weighted by molar-refractivity contribution is -0.870. The Hall–Kier alpha value is -2.19. The summed E-state index contributed by atoms with van der Waals surface area (Å²) in [5.74, 6) is -1.39. The van der Waals surface area contributed by atoms with Gasteiger partial charge in [-0.2, -0.15) is 0 Å². The van der Waals surface area contributed by atoms with Gasteiger partial charge in [-0.25, -0.2) is 0 Å². The van der Waals surface area contributed by atoms with Gasteiger partial charge in [-0.1, -0.05) is 114 Å². The summed E-state index contributed by atoms with van der Waals surface area (Å²) in [6, 6.07) is 0. The molecule has 0 aliphatic carbocycles. The molecule has 0 aromatic heterocycles. The number of aliphatic hydroxyl groups is 3. The summed E-state index contributed by atoms with van der Waals surface area (Å²) in [5, 5.41) is 31.0. The molecule has 1 saturated heterocycles. The normalized spacial score (nSPS) is 20.9. The summed E-state index contributed by atoms with van der Waals surface area (Å²) < 4.78 is 39.5. The first-order chi connectivity index (χ1) is 28.7. The number of rotatable bonds is 36. The number of esters is 2. The number of phosphoric acid groups is 1. The molecular weight excluding hydrogens is 789 g/mol. The maximum Gasteiger partial charge on any atom is 0.306 e. The lowest BCUT2D eigenvalue weighted by Gasteiger charge is -2.36. The molecule has 1 fully saturated rings. The van der Waals surface area contributed by atoms with E-state index < -0.39 is 57.1 Å². The van der Waals surface area contributed by atoms with E-state index in [1.165, 1.54) is 38.5 Å². The van der Waals surface area contributed by atoms with Crippen LogP contribution in [0.2, 0.25) is 0 Å². The fourth-order valence-electron chi connectivity index (χ4n) is 6.47. The number of carbonyl (C=O) groups is 2. The Labute approximate surface area is 362 Å². The molecule has 348 valence electrons. The predicted molar refractivity (Wildman–Crippen MR) is 234 cm³/mol. The fraction of sp³-hybridized carbons (Fsp3) is 0.783. The first-order valence-electron chi connectivity index (χ1n) is 22.7. The Kier molecular flexibility index (Phi) is 31.9. The quantitative estimate of drug-likeness (QED) is 0.0181. The van der Waals surface area contributed by atoms with Crippen molar-refractivity contribution in [3.63, 3.8) is 0 Å². The van der Waals surface area contributed by atoms with E-state index in [4.69, 9.17) is 23.3 Å². The summed E-state index contributed by atoms with van der Waals surface area (Å²) in [7, 11) is 0.984. The van der Waals surface area contributed by atoms with Crippen LogP contribution in [0.25, 0.3) is 0 Å². The number of quaternary nitrogens is 1. The van der Waals surface area contributed by atoms with Crippen molar-refractivity contribution in [1.29, 1.82) is 0 Å². The molecule has 60 heavy (non-hydrogen) atoms. The first-order valence-corrected chi connectivity index (χ1v) is 24.2. The van der Waals surface area contributed by atoms with E-state index in [-0.39, 0.29) is 38.4 Å². The predicted octanol–water partition coefficient (Wildman–Crippen LogP) is 8.16. The van der Waals surface area contributed by atoms with Crippen LogP contribution in [0.1, 0.15) is 149 Å². The number of carbonyl (C=O) groups excluding carboxylic acids is 2. The minimum absolute atomic E-state index is 0.0236. The third-order valence-corrected chi connectivity index (χ3v) is 11.1. The van der Waals surface area contributed by atoms with Crippen molar-refractivity contribution >= 4 is 19.8 Å². The molecule has 14 heteroatoms. The molecule has 7 atom stereocenters. The van der Waals surface area contributed by atoms with E-state index in [1.54, 1.807) is 12.2 Å². The number of hydrogen-bond donors (Lipinski definition) is 3. The van der Waals surface area contributed by atoms with Crippen LogP contribution in [-0.2, 0) is 37.4 Å². The third-order valence-electron chi connectivity index (χ3n) is 10.1. The van der Waals surface area contributed by atoms with Crippen molar-refractivity contribution in [2.45, 2.75) is 179 Å². The second-order valence-corrected chi connectivity index (χ2v) is 18.3. The third kappa shape index (κ3) is 31.6. The molecule has 1 heterocycles. The highest BCUT2D eigenvalue weighted by atomic mass is 31.2. The van der Waals surface area contributed by atoms with Gasteiger partial charge in [0.2, 0.25) is 0 Å². The van der Waals surface area contributed by atoms with Crippen LogP contribution in [0.15, 0.2) is 48.6 Å². The van der Waals surface area contributed by atoms with Crippen LogP contribution < -0.4 is 4.89 Å². The van der Waals surface area contributed by atoms with Gasteiger partial charge in [0.25, 0.3) is 7.82 Å². The topological polar surface area (TPSA) is 181 Å². The van der Waals surface area contributed by atoms with E-state index in [0.717, 1.165) is 44.9 Å². The standard InChI is InChI=1S/C46H82NO12P/c1-6-8-10-11-12-13-14-15-16-17-18-19-20-21-26-30-44(50)55-37-40(38-57-60(53,54)56-35-34-47(3,4)5)58-45(51)31-27-23-22-25-29-41-42(49)36-46(52)59-43(41)33-32-39(48)28-24-9-7-2/h9,15-16,22,24-25,32-33,39-43,46,48-49,52H,6-8,10-14,17-21,23,26-31,34-38H2,1-5H3/b16-15-,24-9-,25-22-,33-32+. The highest BCUT2D eigenvalue weighted by Crippen LogP contribution is 2.38. The van der Waals surface area contributed by atoms with Gasteiger partial charge >= 0.3 is 11.9 Å². The maximum atomic E-state index is 12.8. The minimum atomic E-state index is -4.71. The molecule has 1 aliphatic heterocycles. The highest BCUT2D eigenvalue weighted by Gasteiger charge is 2.35. The van der Waals surface area contributed by atoms with Crippen molar-refractivity contribution in [3.8, 4) is 0 Å². The van der Waals surface area contributed by atoms with Gasteiger partial charge in [0, 0.05) is 25.2 Å². The van der Waals surface area contributed by atoms with Gasteiger partial charge in [-0.05, 0) is 64.2 Å². The lowest BCUT2D eigenvalue weighted by atomic mass is 9.87. The molecule has 0 radical (unpaired) electrons. The number of unbranched alkanes of at least 4 members (excludes halogenated alkanes) is 12. The average molecular weight is 872 g/mol. The molecule has 1 rings (SSSR count). The van der Waals surface area contributed by atoms with Crippen molar-refractivity contribution in [2.24, 2.45) is 5.92 Å². The molecule has 0 bridgehead atoms. The summed E-state index contributed by atoms with van der Waals surface area (Å²) >= 11 is 0. The van der Waals surface area contributed by atoms with Gasteiger partial charge < -0.3 is 48.0 Å². The zero-order chi connectivity index (χ0) is 44.5. The second kappa shape index (κ2) is 34.3. The Morgan fingerprint density at radius 1 is 0.800 bits per heavy atom. The molecule has 3 N–H and O–H groups in total. The maximum absolute atomic E-state index is 12.8. The summed E-state index contributed by atoms with van der Waals surface area (Å²) in [6.45, 7) is 3.68. The Morgan fingerprint density at radius 3 is 2.08 bits per heavy atom. The number of nitrogens with zero attached hydrogens (tertiary/aromatic N) is 1. The summed E-state index contributed by atoms with van der Waals surface area (Å²) in [6.07, 6.45) is 29.1. The second-order valence-electron chi connectivity index (χ2n) is 16.9. The van der Waals surface area contributed by atoms with E-state index >= 15 is 0 Å². The molecule has 0 aromatic carbocycles. The molecule has 13 nitrogen and oxygen atoms in total. The number of likely N-dealkylation sites (N-methyl/N-ethyl adjacent to an activating group) is 1. The average Bonchev–Trinajstić information content (AvgIpc) is 3.18. The van der Waals surface area contributed by atoms with E-state index in [2.05, 4.69) is 19.1 Å². The molecule has 1 aliphatic rings. The van der Waals surface area contributed by atoms with Gasteiger partial charge in [-0.3, -0.25) is 14.2 Å². The smallest absolute Gasteiger partial charge is 0.306 e. The SMILES string of the molecule is CC/C=C\CC(O)/C=C/C1OC(O)CC(O)C1C/C=C\CCCC(=O)OC(COC(=O)CCCCCCC/C=C\CCCCCCCC)COP(=O)([O-])OCC[N+](C)(C)C. The monoisotopic (exact) mass is 872 g/mol. The van der Waals surface area contributed by atoms with E-state index in [9.17, 15) is 34.4 Å². The van der Waals surface area contributed by atoms with Crippen LogP contribution >= 0.6 is 7.82 Å². The zero-order valence-corrected chi connectivity index (χ0v) is 38.6. The molecule has 0 spiro atoms. The van der Waals surface area contributed by atoms with Crippen molar-refractivity contribution in [2.75, 3.05) is 47.5 Å². The van der Waals surface area contributed by atoms with E-state index in [1.807, 2.05) is 52.4 Å². The number of allylic oxidation sites excluding steroid dienone is 5. The van der Waals surface area contributed by atoms with Gasteiger partial charge in [-0.15, -0.1) is 0 Å². The summed E-state index contributed by atoms with van der Waals surface area (Å²) in [5.41, 5.74) is 0. The molecule has 0 amide bonds. The minimum Gasteiger partial charge on any atom is -0.756 e. The highest BCUT2D eigenvalue weighted by molar-refractivity contribution is 7.45. The Bertz CT molecular complexity index is 1280. The van der Waals surface area contributed by atoms with E-state index in [0.29, 0.717) is 43.1 Å². The molecule has 0 aromatic rings. The largest absolute Gasteiger partial charge is 0.756 e. The van der Waals surface area contributed by atoms with Crippen molar-refractivity contribution < 1.29 is 62.1 Å². The van der Waals surface area contributed by atoms with Crippen LogP contribution in [0, 0.1) is 5.92 Å². The molecule has 0 saturated carbocycles. The van der Waals surface area contributed by atoms with Gasteiger partial charge in [0.05, 0.1) is 46.1 Å². The number of phosphoric ester groups is 1. The molecule has 7 unspecified atom stereocenters. The first kappa shape index (κ1) is 55.8. The van der Waals surface area contributed by atoms with Crippen molar-refractivity contribution in [1.82, 2.24) is 0 Å². The van der Waals surface area contributed by atoms with Gasteiger partial charge in [0.15, 0.2) is 12.4 Å². The zero-order valence-electron chi connectivity index (χ0n) is 37.7. The lowest BCUT2D eigenvalue weighted by Crippen LogP contribution is -2.43. The fourth-order valence-corrected chi connectivity index (χ4v) is 7.20. The Balaban J connectivity index is 2.55. The number of ether oxygens (including phenoxy) is 3. The van der Waals surface area contributed by atoms with Crippen LogP contribution in [0.5, 0.6) is 0 Å². The van der Waals surface area contributed by atoms with Crippen LogP contribution in [0.4, 0.5) is 0 Å². The van der Waals surface area contributed by atoms with Crippen LogP contribution in [0.3, 0.4) is 0 Å². The summed E-state index contributed by atoms with van der Waals surface area (Å²) in [4.78, 5) is 37.8.